The molecular weight excluding hydrogens is 190 g/mol. The molecule has 0 heterocycles. The summed E-state index contributed by atoms with van der Waals surface area (Å²) in [4.78, 5) is 11.4. The highest BCUT2D eigenvalue weighted by Crippen LogP contribution is 2.10. The predicted molar refractivity (Wildman–Crippen MR) is 58.4 cm³/mol. The Labute approximate surface area is 89.4 Å². The summed E-state index contributed by atoms with van der Waals surface area (Å²) >= 11 is 0. The van der Waals surface area contributed by atoms with Gasteiger partial charge in [-0.15, -0.1) is 6.42 Å². The molecule has 0 aromatic heterocycles. The van der Waals surface area contributed by atoms with Crippen LogP contribution in [0.25, 0.3) is 0 Å². The van der Waals surface area contributed by atoms with Crippen molar-refractivity contribution in [1.29, 1.82) is 0 Å². The van der Waals surface area contributed by atoms with Crippen molar-refractivity contribution < 1.29 is 9.53 Å². The van der Waals surface area contributed by atoms with Crippen LogP contribution in [0.15, 0.2) is 30.3 Å². The molecule has 1 aromatic rings. The van der Waals surface area contributed by atoms with E-state index in [1.165, 1.54) is 0 Å². The van der Waals surface area contributed by atoms with Gasteiger partial charge in [-0.2, -0.15) is 0 Å². The van der Waals surface area contributed by atoms with Crippen LogP contribution in [0.2, 0.25) is 0 Å². The third-order valence-corrected chi connectivity index (χ3v) is 1.79. The lowest BCUT2D eigenvalue weighted by atomic mass is 10.3. The van der Waals surface area contributed by atoms with Gasteiger partial charge in [-0.05, 0) is 19.1 Å². The number of hydrogen-bond donors (Lipinski definition) is 1. The van der Waals surface area contributed by atoms with Crippen molar-refractivity contribution in [3.63, 3.8) is 0 Å². The molecule has 3 heteroatoms. The molecule has 1 unspecified atom stereocenters. The van der Waals surface area contributed by atoms with Crippen LogP contribution in [0.1, 0.15) is 6.92 Å². The van der Waals surface area contributed by atoms with E-state index >= 15 is 0 Å². The van der Waals surface area contributed by atoms with Gasteiger partial charge >= 0.3 is 0 Å². The minimum atomic E-state index is -0.541. The average Bonchev–Trinajstić information content (AvgIpc) is 2.27. The summed E-state index contributed by atoms with van der Waals surface area (Å²) in [5, 5.41) is 2.55. The first-order chi connectivity index (χ1) is 7.24. The highest BCUT2D eigenvalue weighted by molar-refractivity contribution is 5.80. The summed E-state index contributed by atoms with van der Waals surface area (Å²) in [5.41, 5.74) is 0. The fourth-order valence-corrected chi connectivity index (χ4v) is 1.04. The Morgan fingerprint density at radius 3 is 2.80 bits per heavy atom. The zero-order chi connectivity index (χ0) is 11.1. The monoisotopic (exact) mass is 203 g/mol. The molecule has 0 saturated carbocycles. The first-order valence-electron chi connectivity index (χ1n) is 4.67. The highest BCUT2D eigenvalue weighted by Gasteiger charge is 2.12. The molecule has 1 N–H and O–H groups in total. The maximum absolute atomic E-state index is 11.4. The number of carbonyl (C=O) groups excluding carboxylic acids is 1. The van der Waals surface area contributed by atoms with Crippen molar-refractivity contribution in [2.24, 2.45) is 0 Å². The molecule has 0 spiro atoms. The molecular formula is C12H13NO2. The van der Waals surface area contributed by atoms with Gasteiger partial charge in [-0.25, -0.2) is 0 Å². The smallest absolute Gasteiger partial charge is 0.261 e. The van der Waals surface area contributed by atoms with E-state index in [1.54, 1.807) is 19.1 Å². The molecule has 0 aliphatic rings. The van der Waals surface area contributed by atoms with E-state index in [-0.39, 0.29) is 12.5 Å². The van der Waals surface area contributed by atoms with E-state index in [2.05, 4.69) is 11.2 Å². The minimum absolute atomic E-state index is 0.211. The van der Waals surface area contributed by atoms with E-state index in [1.807, 2.05) is 18.2 Å². The first-order valence-corrected chi connectivity index (χ1v) is 4.67. The molecule has 1 aromatic carbocycles. The van der Waals surface area contributed by atoms with Crippen LogP contribution < -0.4 is 10.1 Å². The summed E-state index contributed by atoms with van der Waals surface area (Å²) in [7, 11) is 0. The number of benzene rings is 1. The van der Waals surface area contributed by atoms with Gasteiger partial charge in [-0.3, -0.25) is 4.79 Å². The number of carbonyl (C=O) groups is 1. The molecule has 78 valence electrons. The van der Waals surface area contributed by atoms with Gasteiger partial charge in [-0.1, -0.05) is 24.1 Å². The zero-order valence-electron chi connectivity index (χ0n) is 8.57. The Morgan fingerprint density at radius 1 is 1.53 bits per heavy atom. The van der Waals surface area contributed by atoms with Gasteiger partial charge in [0.25, 0.3) is 5.91 Å². The Balaban J connectivity index is 2.46. The molecule has 0 radical (unpaired) electrons. The standard InChI is InChI=1S/C12H13NO2/c1-3-9-13-12(14)10(2)15-11-7-5-4-6-8-11/h1,4-8,10H,9H2,2H3,(H,13,14). The topological polar surface area (TPSA) is 38.3 Å². The summed E-state index contributed by atoms with van der Waals surface area (Å²) < 4.78 is 5.39. The van der Waals surface area contributed by atoms with E-state index in [9.17, 15) is 4.79 Å². The van der Waals surface area contributed by atoms with Crippen molar-refractivity contribution in [2.45, 2.75) is 13.0 Å². The van der Waals surface area contributed by atoms with Crippen LogP contribution in [0, 0.1) is 12.3 Å². The molecule has 1 rings (SSSR count). The fourth-order valence-electron chi connectivity index (χ4n) is 1.04. The maximum Gasteiger partial charge on any atom is 0.261 e. The number of hydrogen-bond acceptors (Lipinski definition) is 2. The predicted octanol–water partition coefficient (Wildman–Crippen LogP) is 1.20. The second-order valence-corrected chi connectivity index (χ2v) is 3.00. The normalized spacial score (nSPS) is 11.2. The molecule has 0 aliphatic carbocycles. The first kappa shape index (κ1) is 11.1. The zero-order valence-corrected chi connectivity index (χ0v) is 8.57. The highest BCUT2D eigenvalue weighted by atomic mass is 16.5. The van der Waals surface area contributed by atoms with Gasteiger partial charge in [0, 0.05) is 0 Å². The van der Waals surface area contributed by atoms with E-state index in [0.29, 0.717) is 5.75 Å². The molecule has 15 heavy (non-hydrogen) atoms. The summed E-state index contributed by atoms with van der Waals surface area (Å²) in [6.07, 6.45) is 4.48. The van der Waals surface area contributed by atoms with Crippen molar-refractivity contribution in [3.8, 4) is 18.1 Å². The molecule has 1 atom stereocenters. The Morgan fingerprint density at radius 2 is 2.20 bits per heavy atom. The quantitative estimate of drug-likeness (QED) is 0.747. The van der Waals surface area contributed by atoms with Crippen LogP contribution in [0.4, 0.5) is 0 Å². The van der Waals surface area contributed by atoms with Gasteiger partial charge < -0.3 is 10.1 Å². The van der Waals surface area contributed by atoms with Crippen LogP contribution in [-0.4, -0.2) is 18.6 Å². The number of para-hydroxylation sites is 1. The number of nitrogens with one attached hydrogen (secondary N) is 1. The number of rotatable bonds is 4. The van der Waals surface area contributed by atoms with Gasteiger partial charge in [0.2, 0.25) is 0 Å². The van der Waals surface area contributed by atoms with Gasteiger partial charge in [0.1, 0.15) is 5.75 Å². The lowest BCUT2D eigenvalue weighted by Crippen LogP contribution is -2.36. The van der Waals surface area contributed by atoms with Crippen molar-refractivity contribution in [1.82, 2.24) is 5.32 Å². The second-order valence-electron chi connectivity index (χ2n) is 3.00. The largest absolute Gasteiger partial charge is 0.481 e. The summed E-state index contributed by atoms with van der Waals surface area (Å²) in [6.45, 7) is 1.90. The summed E-state index contributed by atoms with van der Waals surface area (Å²) in [6, 6.07) is 9.18. The summed E-state index contributed by atoms with van der Waals surface area (Å²) in [5.74, 6) is 2.79. The van der Waals surface area contributed by atoms with Crippen molar-refractivity contribution in [3.05, 3.63) is 30.3 Å². The third-order valence-electron chi connectivity index (χ3n) is 1.79. The van der Waals surface area contributed by atoms with Crippen LogP contribution >= 0.6 is 0 Å². The molecule has 3 nitrogen and oxygen atoms in total. The average molecular weight is 203 g/mol. The Bertz CT molecular complexity index is 354. The Kier molecular flexibility index (Phi) is 4.24. The molecule has 0 bridgehead atoms. The number of ether oxygens (including phenoxy) is 1. The van der Waals surface area contributed by atoms with E-state index in [4.69, 9.17) is 11.2 Å². The second kappa shape index (κ2) is 5.71. The molecule has 0 saturated heterocycles. The van der Waals surface area contributed by atoms with E-state index in [0.717, 1.165) is 0 Å². The third kappa shape index (κ3) is 3.74. The fraction of sp³-hybridized carbons (Fsp3) is 0.250. The van der Waals surface area contributed by atoms with E-state index < -0.39 is 6.10 Å². The molecule has 0 aliphatic heterocycles. The Hall–Kier alpha value is -1.95. The SMILES string of the molecule is C#CCNC(=O)C(C)Oc1ccccc1. The van der Waals surface area contributed by atoms with Gasteiger partial charge in [0.05, 0.1) is 6.54 Å². The van der Waals surface area contributed by atoms with Crippen LogP contribution in [0.3, 0.4) is 0 Å². The van der Waals surface area contributed by atoms with Crippen molar-refractivity contribution >= 4 is 5.91 Å². The van der Waals surface area contributed by atoms with Crippen LogP contribution in [0.5, 0.6) is 5.75 Å². The number of amides is 1. The van der Waals surface area contributed by atoms with Crippen LogP contribution in [-0.2, 0) is 4.79 Å². The molecule has 0 fully saturated rings. The lowest BCUT2D eigenvalue weighted by molar-refractivity contribution is -0.126. The molecule has 1 amide bonds. The van der Waals surface area contributed by atoms with Gasteiger partial charge in [0.15, 0.2) is 6.10 Å². The number of terminal acetylenes is 1. The lowest BCUT2D eigenvalue weighted by Gasteiger charge is -2.13. The van der Waals surface area contributed by atoms with Crippen molar-refractivity contribution in [2.75, 3.05) is 6.54 Å². The maximum atomic E-state index is 11.4. The minimum Gasteiger partial charge on any atom is -0.481 e.